The van der Waals surface area contributed by atoms with Crippen LogP contribution < -0.4 is 5.32 Å². The van der Waals surface area contributed by atoms with Gasteiger partial charge < -0.3 is 9.73 Å². The Bertz CT molecular complexity index is 604. The van der Waals surface area contributed by atoms with Gasteiger partial charge in [0.05, 0.1) is 6.04 Å². The highest BCUT2D eigenvalue weighted by Gasteiger charge is 2.23. The maximum Gasteiger partial charge on any atom is 0.106 e. The fourth-order valence-electron chi connectivity index (χ4n) is 2.43. The van der Waals surface area contributed by atoms with Gasteiger partial charge in [-0.05, 0) is 51.1 Å². The molecule has 0 amide bonds. The van der Waals surface area contributed by atoms with E-state index >= 15 is 0 Å². The predicted molar refractivity (Wildman–Crippen MR) is 80.3 cm³/mol. The lowest BCUT2D eigenvalue weighted by Gasteiger charge is -2.19. The van der Waals surface area contributed by atoms with Crippen molar-refractivity contribution in [1.82, 2.24) is 5.32 Å². The van der Waals surface area contributed by atoms with Crippen LogP contribution in [0, 0.1) is 20.8 Å². The van der Waals surface area contributed by atoms with E-state index in [1.807, 2.05) is 33.0 Å². The smallest absolute Gasteiger partial charge is 0.106 e. The topological polar surface area (TPSA) is 25.2 Å². The minimum absolute atomic E-state index is 0.00205. The van der Waals surface area contributed by atoms with E-state index in [1.165, 1.54) is 0 Å². The first-order valence-corrected chi connectivity index (χ1v) is 6.90. The van der Waals surface area contributed by atoms with Gasteiger partial charge >= 0.3 is 0 Å². The molecule has 0 spiro atoms. The summed E-state index contributed by atoms with van der Waals surface area (Å²) in [7, 11) is 1.91. The van der Waals surface area contributed by atoms with Gasteiger partial charge in [0.25, 0.3) is 0 Å². The average molecular weight is 298 g/mol. The second-order valence-electron chi connectivity index (χ2n) is 4.64. The summed E-state index contributed by atoms with van der Waals surface area (Å²) in [5, 5.41) is 4.60. The van der Waals surface area contributed by atoms with Gasteiger partial charge in [-0.2, -0.15) is 0 Å². The average Bonchev–Trinajstić information content (AvgIpc) is 2.59. The third-order valence-electron chi connectivity index (χ3n) is 3.47. The molecule has 102 valence electrons. The van der Waals surface area contributed by atoms with Gasteiger partial charge in [-0.15, -0.1) is 0 Å². The fourth-order valence-corrected chi connectivity index (χ4v) is 2.94. The Labute approximate surface area is 123 Å². The number of furan rings is 1. The molecule has 2 nitrogen and oxygen atoms in total. The lowest BCUT2D eigenvalue weighted by Crippen LogP contribution is -2.19. The fraction of sp³-hybridized carbons (Fsp3) is 0.333. The number of rotatable bonds is 3. The largest absolute Gasteiger partial charge is 0.466 e. The molecule has 1 aromatic heterocycles. The molecule has 0 aliphatic rings. The molecule has 0 saturated heterocycles. The van der Waals surface area contributed by atoms with E-state index in [1.54, 1.807) is 6.07 Å². The van der Waals surface area contributed by atoms with E-state index in [0.717, 1.165) is 28.2 Å². The van der Waals surface area contributed by atoms with Crippen LogP contribution in [0.25, 0.3) is 0 Å². The monoisotopic (exact) mass is 297 g/mol. The molecule has 0 aliphatic heterocycles. The third-order valence-corrected chi connectivity index (χ3v) is 4.03. The van der Waals surface area contributed by atoms with Crippen LogP contribution in [0.5, 0.6) is 0 Å². The highest BCUT2D eigenvalue weighted by atomic mass is 35.5. The van der Waals surface area contributed by atoms with Crippen molar-refractivity contribution < 1.29 is 4.42 Å². The minimum atomic E-state index is 0.00205. The molecule has 1 heterocycles. The third kappa shape index (κ3) is 2.66. The Morgan fingerprint density at radius 1 is 1.11 bits per heavy atom. The minimum Gasteiger partial charge on any atom is -0.466 e. The van der Waals surface area contributed by atoms with Crippen molar-refractivity contribution >= 4 is 23.2 Å². The number of nitrogens with one attached hydrogen (secondary N) is 1. The number of benzene rings is 1. The molecule has 4 heteroatoms. The van der Waals surface area contributed by atoms with Crippen molar-refractivity contribution in [3.63, 3.8) is 0 Å². The predicted octanol–water partition coefficient (Wildman–Crippen LogP) is 4.82. The SMILES string of the molecule is CNC(c1ccc(Cl)cc1Cl)c1c(C)oc(C)c1C. The van der Waals surface area contributed by atoms with Crippen LogP contribution in [0.4, 0.5) is 0 Å². The molecular weight excluding hydrogens is 281 g/mol. The second kappa shape index (κ2) is 5.58. The van der Waals surface area contributed by atoms with Gasteiger partial charge in [-0.25, -0.2) is 0 Å². The van der Waals surface area contributed by atoms with Crippen LogP contribution in [0.2, 0.25) is 10.0 Å². The maximum atomic E-state index is 6.31. The van der Waals surface area contributed by atoms with E-state index in [0.29, 0.717) is 10.0 Å². The summed E-state index contributed by atoms with van der Waals surface area (Å²) in [6.07, 6.45) is 0. The first-order valence-electron chi connectivity index (χ1n) is 6.14. The molecule has 1 N–H and O–H groups in total. The Morgan fingerprint density at radius 3 is 2.26 bits per heavy atom. The number of aryl methyl sites for hydroxylation is 2. The van der Waals surface area contributed by atoms with Crippen LogP contribution in [-0.4, -0.2) is 7.05 Å². The first kappa shape index (κ1) is 14.4. The zero-order valence-electron chi connectivity index (χ0n) is 11.5. The zero-order valence-corrected chi connectivity index (χ0v) is 13.0. The molecular formula is C15H17Cl2NO. The Hall–Kier alpha value is -0.960. The first-order chi connectivity index (χ1) is 8.95. The maximum absolute atomic E-state index is 6.31. The molecule has 1 unspecified atom stereocenters. The van der Waals surface area contributed by atoms with Gasteiger partial charge in [-0.1, -0.05) is 29.3 Å². The molecule has 1 atom stereocenters. The number of hydrogen-bond acceptors (Lipinski definition) is 2. The van der Waals surface area contributed by atoms with Crippen LogP contribution >= 0.6 is 23.2 Å². The molecule has 2 rings (SSSR count). The summed E-state index contributed by atoms with van der Waals surface area (Å²) in [5.74, 6) is 1.86. The van der Waals surface area contributed by atoms with Crippen molar-refractivity contribution in [2.45, 2.75) is 26.8 Å². The van der Waals surface area contributed by atoms with Gasteiger partial charge in [-0.3, -0.25) is 0 Å². The van der Waals surface area contributed by atoms with Crippen LogP contribution in [0.3, 0.4) is 0 Å². The molecule has 0 radical (unpaired) electrons. The van der Waals surface area contributed by atoms with E-state index in [9.17, 15) is 0 Å². The van der Waals surface area contributed by atoms with Crippen molar-refractivity contribution in [2.24, 2.45) is 0 Å². The Morgan fingerprint density at radius 2 is 1.79 bits per heavy atom. The molecule has 0 bridgehead atoms. The standard InChI is InChI=1S/C15H17Cl2NO/c1-8-9(2)19-10(3)14(8)15(18-4)12-6-5-11(16)7-13(12)17/h5-7,15,18H,1-4H3. The molecule has 2 aromatic rings. The molecule has 19 heavy (non-hydrogen) atoms. The molecule has 0 saturated carbocycles. The van der Waals surface area contributed by atoms with Crippen LogP contribution in [-0.2, 0) is 0 Å². The molecule has 1 aromatic carbocycles. The van der Waals surface area contributed by atoms with Crippen LogP contribution in [0.15, 0.2) is 22.6 Å². The summed E-state index contributed by atoms with van der Waals surface area (Å²) in [4.78, 5) is 0. The lowest BCUT2D eigenvalue weighted by molar-refractivity contribution is 0.496. The van der Waals surface area contributed by atoms with E-state index in [-0.39, 0.29) is 6.04 Å². The van der Waals surface area contributed by atoms with Gasteiger partial charge in [0.1, 0.15) is 11.5 Å². The number of halogens is 2. The summed E-state index contributed by atoms with van der Waals surface area (Å²) < 4.78 is 5.70. The summed E-state index contributed by atoms with van der Waals surface area (Å²) in [6.45, 7) is 6.01. The van der Waals surface area contributed by atoms with E-state index in [4.69, 9.17) is 27.6 Å². The quantitative estimate of drug-likeness (QED) is 0.878. The van der Waals surface area contributed by atoms with Gasteiger partial charge in [0.15, 0.2) is 0 Å². The second-order valence-corrected chi connectivity index (χ2v) is 5.48. The summed E-state index contributed by atoms with van der Waals surface area (Å²) in [5.41, 5.74) is 3.30. The van der Waals surface area contributed by atoms with E-state index < -0.39 is 0 Å². The van der Waals surface area contributed by atoms with Crippen LogP contribution in [0.1, 0.15) is 34.3 Å². The normalized spacial score (nSPS) is 12.7. The highest BCUT2D eigenvalue weighted by Crippen LogP contribution is 2.35. The van der Waals surface area contributed by atoms with E-state index in [2.05, 4.69) is 12.2 Å². The van der Waals surface area contributed by atoms with Crippen molar-refractivity contribution in [2.75, 3.05) is 7.05 Å². The van der Waals surface area contributed by atoms with Gasteiger partial charge in [0, 0.05) is 15.6 Å². The van der Waals surface area contributed by atoms with Gasteiger partial charge in [0.2, 0.25) is 0 Å². The Kier molecular flexibility index (Phi) is 4.24. The number of hydrogen-bond donors (Lipinski definition) is 1. The van der Waals surface area contributed by atoms with Crippen molar-refractivity contribution in [3.8, 4) is 0 Å². The lowest BCUT2D eigenvalue weighted by atomic mass is 9.95. The zero-order chi connectivity index (χ0) is 14.2. The van der Waals surface area contributed by atoms with Crippen molar-refractivity contribution in [3.05, 3.63) is 56.5 Å². The summed E-state index contributed by atoms with van der Waals surface area (Å²) >= 11 is 12.3. The highest BCUT2D eigenvalue weighted by molar-refractivity contribution is 6.35. The Balaban J connectivity index is 2.56. The molecule has 0 fully saturated rings. The molecule has 0 aliphatic carbocycles. The summed E-state index contributed by atoms with van der Waals surface area (Å²) in [6, 6.07) is 5.57. The van der Waals surface area contributed by atoms with Crippen molar-refractivity contribution in [1.29, 1.82) is 0 Å².